The maximum Gasteiger partial charge on any atom is 0.248 e. The quantitative estimate of drug-likeness (QED) is 0.447. The molecular formula is C26H31N5O4. The first-order valence-corrected chi connectivity index (χ1v) is 12.0. The summed E-state index contributed by atoms with van der Waals surface area (Å²) in [5.41, 5.74) is 0.976. The normalized spacial score (nSPS) is 21.1. The highest BCUT2D eigenvalue weighted by molar-refractivity contribution is 6.10. The molecule has 4 unspecified atom stereocenters. The van der Waals surface area contributed by atoms with Crippen LogP contribution in [0.25, 0.3) is 0 Å². The number of imide groups is 1. The van der Waals surface area contributed by atoms with E-state index in [1.54, 1.807) is 54.3 Å². The van der Waals surface area contributed by atoms with Crippen molar-refractivity contribution >= 4 is 35.0 Å². The highest BCUT2D eigenvalue weighted by Gasteiger charge is 2.51. The molecule has 2 N–H and O–H groups in total. The number of fused-ring (bicyclic) bond motifs is 1. The number of aromatic nitrogens is 2. The number of amides is 4. The van der Waals surface area contributed by atoms with Crippen LogP contribution in [0.15, 0.2) is 54.9 Å². The monoisotopic (exact) mass is 477 g/mol. The number of rotatable bonds is 8. The predicted octanol–water partition coefficient (Wildman–Crippen LogP) is 3.39. The average molecular weight is 478 g/mol. The van der Waals surface area contributed by atoms with E-state index >= 15 is 0 Å². The minimum atomic E-state index is -0.890. The Morgan fingerprint density at radius 3 is 2.11 bits per heavy atom. The summed E-state index contributed by atoms with van der Waals surface area (Å²) in [6.45, 7) is 5.65. The Labute approximate surface area is 204 Å². The van der Waals surface area contributed by atoms with Crippen LogP contribution in [0.2, 0.25) is 0 Å². The molecule has 1 aromatic carbocycles. The van der Waals surface area contributed by atoms with E-state index in [1.807, 2.05) is 26.0 Å². The van der Waals surface area contributed by atoms with Crippen LogP contribution in [0.3, 0.4) is 0 Å². The van der Waals surface area contributed by atoms with Crippen molar-refractivity contribution in [1.82, 2.24) is 14.7 Å². The first-order chi connectivity index (χ1) is 16.8. The van der Waals surface area contributed by atoms with Crippen molar-refractivity contribution in [2.45, 2.75) is 52.1 Å². The van der Waals surface area contributed by atoms with Crippen LogP contribution in [0.4, 0.5) is 11.4 Å². The van der Waals surface area contributed by atoms with Gasteiger partial charge in [0.2, 0.25) is 23.6 Å². The molecule has 9 nitrogen and oxygen atoms in total. The fourth-order valence-corrected chi connectivity index (χ4v) is 4.69. The van der Waals surface area contributed by atoms with Crippen LogP contribution in [0.5, 0.6) is 0 Å². The van der Waals surface area contributed by atoms with E-state index in [0.717, 1.165) is 0 Å². The lowest BCUT2D eigenvalue weighted by atomic mass is 9.85. The standard InChI is InChI=1S/C26H31N5O4/c1-16(2)14-22(31-25(34)20-10-4-5-11-21(20)26(31)35)24(33)29-19-9-6-8-18(15-19)28-23(32)17(3)30-13-7-12-27-30/h4-9,12-13,15-17,20-22H,10-11,14H2,1-3H3,(H,28,32)(H,29,33). The summed E-state index contributed by atoms with van der Waals surface area (Å²) in [7, 11) is 0. The minimum absolute atomic E-state index is 0.0986. The van der Waals surface area contributed by atoms with Gasteiger partial charge < -0.3 is 10.6 Å². The van der Waals surface area contributed by atoms with Crippen LogP contribution in [0, 0.1) is 17.8 Å². The number of hydrogen-bond acceptors (Lipinski definition) is 5. The average Bonchev–Trinajstić information content (AvgIpc) is 3.45. The Balaban J connectivity index is 1.48. The second-order valence-electron chi connectivity index (χ2n) is 9.57. The second kappa shape index (κ2) is 10.2. The Bertz CT molecular complexity index is 1110. The molecule has 2 aromatic rings. The number of benzene rings is 1. The number of likely N-dealkylation sites (tertiary alicyclic amines) is 1. The van der Waals surface area contributed by atoms with Crippen molar-refractivity contribution < 1.29 is 19.2 Å². The van der Waals surface area contributed by atoms with Gasteiger partial charge in [-0.1, -0.05) is 32.1 Å². The molecule has 1 aliphatic heterocycles. The van der Waals surface area contributed by atoms with Crippen LogP contribution >= 0.6 is 0 Å². The van der Waals surface area contributed by atoms with Gasteiger partial charge in [-0.25, -0.2) is 0 Å². The fraction of sp³-hybridized carbons (Fsp3) is 0.423. The number of carbonyl (C=O) groups excluding carboxylic acids is 4. The lowest BCUT2D eigenvalue weighted by Gasteiger charge is -2.27. The highest BCUT2D eigenvalue weighted by Crippen LogP contribution is 2.37. The van der Waals surface area contributed by atoms with E-state index in [1.165, 1.54) is 4.90 Å². The van der Waals surface area contributed by atoms with E-state index in [4.69, 9.17) is 0 Å². The number of nitrogens with one attached hydrogen (secondary N) is 2. The molecule has 4 rings (SSSR count). The molecular weight excluding hydrogens is 446 g/mol. The minimum Gasteiger partial charge on any atom is -0.324 e. The zero-order valence-electron chi connectivity index (χ0n) is 20.2. The smallest absolute Gasteiger partial charge is 0.248 e. The van der Waals surface area contributed by atoms with Gasteiger partial charge in [-0.05, 0) is 56.4 Å². The van der Waals surface area contributed by atoms with Gasteiger partial charge in [0, 0.05) is 23.8 Å². The maximum absolute atomic E-state index is 13.4. The summed E-state index contributed by atoms with van der Waals surface area (Å²) < 4.78 is 1.55. The van der Waals surface area contributed by atoms with Crippen molar-refractivity contribution in [3.05, 3.63) is 54.9 Å². The number of anilines is 2. The van der Waals surface area contributed by atoms with Gasteiger partial charge in [0.05, 0.1) is 11.8 Å². The molecule has 4 atom stereocenters. The Hall–Kier alpha value is -3.75. The van der Waals surface area contributed by atoms with Crippen molar-refractivity contribution in [1.29, 1.82) is 0 Å². The lowest BCUT2D eigenvalue weighted by Crippen LogP contribution is -2.48. The van der Waals surface area contributed by atoms with Crippen molar-refractivity contribution in [2.24, 2.45) is 17.8 Å². The second-order valence-corrected chi connectivity index (χ2v) is 9.57. The molecule has 0 bridgehead atoms. The van der Waals surface area contributed by atoms with Crippen LogP contribution < -0.4 is 10.6 Å². The molecule has 0 radical (unpaired) electrons. The lowest BCUT2D eigenvalue weighted by molar-refractivity contribution is -0.147. The Morgan fingerprint density at radius 1 is 0.971 bits per heavy atom. The van der Waals surface area contributed by atoms with E-state index in [9.17, 15) is 19.2 Å². The third-order valence-electron chi connectivity index (χ3n) is 6.55. The molecule has 184 valence electrons. The number of allylic oxidation sites excluding steroid dienone is 2. The first kappa shape index (κ1) is 24.4. The van der Waals surface area contributed by atoms with Crippen molar-refractivity contribution in [3.8, 4) is 0 Å². The molecule has 1 fully saturated rings. The highest BCUT2D eigenvalue weighted by atomic mass is 16.2. The Kier molecular flexibility index (Phi) is 7.14. The van der Waals surface area contributed by atoms with Crippen molar-refractivity contribution in [2.75, 3.05) is 10.6 Å². The molecule has 1 aliphatic carbocycles. The SMILES string of the molecule is CC(C)CC(C(=O)Nc1cccc(NC(=O)C(C)n2cccn2)c1)N1C(=O)C2CC=CCC2C1=O. The largest absolute Gasteiger partial charge is 0.324 e. The van der Waals surface area contributed by atoms with Gasteiger partial charge in [-0.15, -0.1) is 0 Å². The van der Waals surface area contributed by atoms with Crippen LogP contribution in [-0.4, -0.2) is 44.4 Å². The molecule has 2 aliphatic rings. The van der Waals surface area contributed by atoms with Crippen LogP contribution in [-0.2, 0) is 19.2 Å². The third-order valence-corrected chi connectivity index (χ3v) is 6.55. The number of carbonyl (C=O) groups is 4. The van der Waals surface area contributed by atoms with Gasteiger partial charge >= 0.3 is 0 Å². The molecule has 2 heterocycles. The van der Waals surface area contributed by atoms with E-state index in [-0.39, 0.29) is 35.5 Å². The molecule has 1 saturated heterocycles. The molecule has 9 heteroatoms. The predicted molar refractivity (Wildman–Crippen MR) is 131 cm³/mol. The fourth-order valence-electron chi connectivity index (χ4n) is 4.69. The first-order valence-electron chi connectivity index (χ1n) is 12.0. The Morgan fingerprint density at radius 2 is 1.57 bits per heavy atom. The molecule has 4 amide bonds. The molecule has 0 saturated carbocycles. The zero-order valence-corrected chi connectivity index (χ0v) is 20.2. The van der Waals surface area contributed by atoms with Gasteiger partial charge in [0.1, 0.15) is 12.1 Å². The van der Waals surface area contributed by atoms with Gasteiger partial charge in [-0.2, -0.15) is 5.10 Å². The summed E-state index contributed by atoms with van der Waals surface area (Å²) in [6, 6.07) is 7.13. The summed E-state index contributed by atoms with van der Waals surface area (Å²) in [5.74, 6) is -1.87. The number of hydrogen-bond donors (Lipinski definition) is 2. The van der Waals surface area contributed by atoms with E-state index in [0.29, 0.717) is 30.6 Å². The van der Waals surface area contributed by atoms with E-state index in [2.05, 4.69) is 15.7 Å². The van der Waals surface area contributed by atoms with Gasteiger partial charge in [0.25, 0.3) is 0 Å². The number of nitrogens with zero attached hydrogens (tertiary/aromatic N) is 3. The summed E-state index contributed by atoms with van der Waals surface area (Å²) in [5, 5.41) is 9.77. The zero-order chi connectivity index (χ0) is 25.1. The summed E-state index contributed by atoms with van der Waals surface area (Å²) in [4.78, 5) is 53.4. The third kappa shape index (κ3) is 5.18. The molecule has 1 aromatic heterocycles. The summed E-state index contributed by atoms with van der Waals surface area (Å²) in [6.07, 6.45) is 8.60. The molecule has 35 heavy (non-hydrogen) atoms. The van der Waals surface area contributed by atoms with Crippen molar-refractivity contribution in [3.63, 3.8) is 0 Å². The maximum atomic E-state index is 13.4. The summed E-state index contributed by atoms with van der Waals surface area (Å²) >= 11 is 0. The van der Waals surface area contributed by atoms with E-state index < -0.39 is 18.0 Å². The molecule has 0 spiro atoms. The van der Waals surface area contributed by atoms with Crippen LogP contribution in [0.1, 0.15) is 46.1 Å². The van der Waals surface area contributed by atoms with Gasteiger partial charge in [0.15, 0.2) is 0 Å². The topological polar surface area (TPSA) is 113 Å². The van der Waals surface area contributed by atoms with Gasteiger partial charge in [-0.3, -0.25) is 28.8 Å².